The van der Waals surface area contributed by atoms with Gasteiger partial charge >= 0.3 is 0 Å². The van der Waals surface area contributed by atoms with Crippen molar-refractivity contribution in [3.63, 3.8) is 0 Å². The van der Waals surface area contributed by atoms with E-state index < -0.39 is 0 Å². The fraction of sp³-hybridized carbons (Fsp3) is 0.900. The van der Waals surface area contributed by atoms with Crippen LogP contribution in [0, 0.1) is 11.8 Å². The van der Waals surface area contributed by atoms with Gasteiger partial charge in [0, 0.05) is 13.5 Å². The summed E-state index contributed by atoms with van der Waals surface area (Å²) in [5.74, 6) is 1.50. The van der Waals surface area contributed by atoms with Gasteiger partial charge in [-0.25, -0.2) is 0 Å². The lowest BCUT2D eigenvalue weighted by Gasteiger charge is -2.27. The Morgan fingerprint density at radius 2 is 1.85 bits per heavy atom. The van der Waals surface area contributed by atoms with Gasteiger partial charge in [0.05, 0.1) is 0 Å². The zero-order valence-corrected chi connectivity index (χ0v) is 8.38. The standard InChI is InChI=1S/C10H20N2O/c1-8(13)12-7-10-4-2-9(6-11)3-5-10/h9-10H,2-7,11H2,1H3,(H,12,13)/t9-,10-. The molecule has 0 spiro atoms. The van der Waals surface area contributed by atoms with E-state index in [9.17, 15) is 4.79 Å². The zero-order chi connectivity index (χ0) is 9.68. The minimum atomic E-state index is 0.0842. The van der Waals surface area contributed by atoms with Crippen LogP contribution in [-0.4, -0.2) is 19.0 Å². The lowest BCUT2D eigenvalue weighted by molar-refractivity contribution is -0.119. The van der Waals surface area contributed by atoms with E-state index in [2.05, 4.69) is 5.32 Å². The third-order valence-electron chi connectivity index (χ3n) is 2.94. The van der Waals surface area contributed by atoms with Gasteiger partial charge in [-0.15, -0.1) is 0 Å². The molecule has 0 aliphatic heterocycles. The number of nitrogens with two attached hydrogens (primary N) is 1. The van der Waals surface area contributed by atoms with Crippen molar-refractivity contribution in [2.75, 3.05) is 13.1 Å². The van der Waals surface area contributed by atoms with Gasteiger partial charge in [-0.3, -0.25) is 4.79 Å². The summed E-state index contributed by atoms with van der Waals surface area (Å²) in [5.41, 5.74) is 5.60. The molecule has 0 radical (unpaired) electrons. The Kier molecular flexibility index (Phi) is 4.22. The summed E-state index contributed by atoms with van der Waals surface area (Å²) in [7, 11) is 0. The Morgan fingerprint density at radius 3 is 2.31 bits per heavy atom. The maximum Gasteiger partial charge on any atom is 0.216 e. The normalized spacial score (nSPS) is 28.5. The molecule has 76 valence electrons. The molecule has 0 aromatic rings. The van der Waals surface area contributed by atoms with E-state index in [0.29, 0.717) is 5.92 Å². The second kappa shape index (κ2) is 5.22. The number of carbonyl (C=O) groups is 1. The molecule has 0 heterocycles. The van der Waals surface area contributed by atoms with E-state index in [1.807, 2.05) is 0 Å². The molecule has 1 saturated carbocycles. The SMILES string of the molecule is CC(=O)NC[C@H]1CC[C@H](CN)CC1. The molecule has 0 unspecified atom stereocenters. The molecule has 1 fully saturated rings. The first-order chi connectivity index (χ1) is 6.22. The van der Waals surface area contributed by atoms with Crippen LogP contribution < -0.4 is 11.1 Å². The van der Waals surface area contributed by atoms with E-state index in [4.69, 9.17) is 5.73 Å². The van der Waals surface area contributed by atoms with Crippen LogP contribution in [0.25, 0.3) is 0 Å². The lowest BCUT2D eigenvalue weighted by atomic mass is 9.82. The number of rotatable bonds is 3. The van der Waals surface area contributed by atoms with Gasteiger partial charge in [0.25, 0.3) is 0 Å². The van der Waals surface area contributed by atoms with Crippen LogP contribution in [0.5, 0.6) is 0 Å². The van der Waals surface area contributed by atoms with Gasteiger partial charge in [0.1, 0.15) is 0 Å². The number of hydrogen-bond donors (Lipinski definition) is 2. The Labute approximate surface area is 80.1 Å². The number of amides is 1. The van der Waals surface area contributed by atoms with E-state index in [1.54, 1.807) is 6.92 Å². The lowest BCUT2D eigenvalue weighted by Crippen LogP contribution is -2.30. The van der Waals surface area contributed by atoms with Crippen molar-refractivity contribution in [1.82, 2.24) is 5.32 Å². The van der Waals surface area contributed by atoms with Gasteiger partial charge in [0.15, 0.2) is 0 Å². The van der Waals surface area contributed by atoms with Crippen molar-refractivity contribution >= 4 is 5.91 Å². The molecule has 1 rings (SSSR count). The van der Waals surface area contributed by atoms with Crippen LogP contribution in [0.2, 0.25) is 0 Å². The van der Waals surface area contributed by atoms with Crippen molar-refractivity contribution in [3.05, 3.63) is 0 Å². The average Bonchev–Trinajstić information content (AvgIpc) is 2.15. The highest BCUT2D eigenvalue weighted by atomic mass is 16.1. The maximum atomic E-state index is 10.7. The van der Waals surface area contributed by atoms with Crippen LogP contribution in [-0.2, 0) is 4.79 Å². The Hall–Kier alpha value is -0.570. The quantitative estimate of drug-likeness (QED) is 0.684. The highest BCUT2D eigenvalue weighted by Crippen LogP contribution is 2.27. The first kappa shape index (κ1) is 10.5. The molecule has 1 aliphatic carbocycles. The summed E-state index contributed by atoms with van der Waals surface area (Å²) in [6.45, 7) is 3.25. The van der Waals surface area contributed by atoms with Gasteiger partial charge in [-0.2, -0.15) is 0 Å². The summed E-state index contributed by atoms with van der Waals surface area (Å²) in [4.78, 5) is 10.7. The number of hydrogen-bond acceptors (Lipinski definition) is 2. The third-order valence-corrected chi connectivity index (χ3v) is 2.94. The minimum absolute atomic E-state index is 0.0842. The molecule has 3 nitrogen and oxygen atoms in total. The van der Waals surface area contributed by atoms with E-state index in [1.165, 1.54) is 25.7 Å². The molecule has 1 aliphatic rings. The molecule has 0 aromatic heterocycles. The Bertz CT molecular complexity index is 162. The largest absolute Gasteiger partial charge is 0.356 e. The summed E-state index contributed by atoms with van der Waals surface area (Å²) in [6, 6.07) is 0. The Morgan fingerprint density at radius 1 is 1.31 bits per heavy atom. The topological polar surface area (TPSA) is 55.1 Å². The predicted octanol–water partition coefficient (Wildman–Crippen LogP) is 0.888. The molecule has 0 bridgehead atoms. The molecule has 1 amide bonds. The van der Waals surface area contributed by atoms with Crippen molar-refractivity contribution in [2.24, 2.45) is 17.6 Å². The molecule has 3 heteroatoms. The summed E-state index contributed by atoms with van der Waals surface area (Å²) in [5, 5.41) is 2.88. The average molecular weight is 184 g/mol. The van der Waals surface area contributed by atoms with Crippen LogP contribution >= 0.6 is 0 Å². The van der Waals surface area contributed by atoms with Gasteiger partial charge in [-0.1, -0.05) is 0 Å². The molecular formula is C10H20N2O. The van der Waals surface area contributed by atoms with Crippen molar-refractivity contribution < 1.29 is 4.79 Å². The summed E-state index contributed by atoms with van der Waals surface area (Å²) < 4.78 is 0. The molecule has 0 atom stereocenters. The monoisotopic (exact) mass is 184 g/mol. The van der Waals surface area contributed by atoms with Gasteiger partial charge < -0.3 is 11.1 Å². The number of nitrogens with one attached hydrogen (secondary N) is 1. The first-order valence-electron chi connectivity index (χ1n) is 5.17. The fourth-order valence-corrected chi connectivity index (χ4v) is 1.96. The van der Waals surface area contributed by atoms with E-state index in [0.717, 1.165) is 19.0 Å². The van der Waals surface area contributed by atoms with Crippen LogP contribution in [0.1, 0.15) is 32.6 Å². The maximum absolute atomic E-state index is 10.7. The molecule has 13 heavy (non-hydrogen) atoms. The molecule has 0 aromatic carbocycles. The smallest absolute Gasteiger partial charge is 0.216 e. The molecule has 3 N–H and O–H groups in total. The third kappa shape index (κ3) is 3.77. The molecule has 0 saturated heterocycles. The van der Waals surface area contributed by atoms with Crippen molar-refractivity contribution in [3.8, 4) is 0 Å². The van der Waals surface area contributed by atoms with Crippen LogP contribution in [0.4, 0.5) is 0 Å². The Balaban J connectivity index is 2.14. The van der Waals surface area contributed by atoms with Crippen molar-refractivity contribution in [1.29, 1.82) is 0 Å². The van der Waals surface area contributed by atoms with Crippen LogP contribution in [0.15, 0.2) is 0 Å². The molecular weight excluding hydrogens is 164 g/mol. The second-order valence-electron chi connectivity index (χ2n) is 4.06. The summed E-state index contributed by atoms with van der Waals surface area (Å²) in [6.07, 6.45) is 4.92. The highest BCUT2D eigenvalue weighted by molar-refractivity contribution is 5.72. The van der Waals surface area contributed by atoms with Gasteiger partial charge in [0.2, 0.25) is 5.91 Å². The van der Waals surface area contributed by atoms with E-state index in [-0.39, 0.29) is 5.91 Å². The number of carbonyl (C=O) groups excluding carboxylic acids is 1. The zero-order valence-electron chi connectivity index (χ0n) is 8.38. The predicted molar refractivity (Wildman–Crippen MR) is 53.2 cm³/mol. The minimum Gasteiger partial charge on any atom is -0.356 e. The second-order valence-corrected chi connectivity index (χ2v) is 4.06. The summed E-state index contributed by atoms with van der Waals surface area (Å²) >= 11 is 0. The fourth-order valence-electron chi connectivity index (χ4n) is 1.96. The van der Waals surface area contributed by atoms with E-state index >= 15 is 0 Å². The van der Waals surface area contributed by atoms with Crippen LogP contribution in [0.3, 0.4) is 0 Å². The van der Waals surface area contributed by atoms with Crippen molar-refractivity contribution in [2.45, 2.75) is 32.6 Å². The van der Waals surface area contributed by atoms with Gasteiger partial charge in [-0.05, 0) is 44.1 Å². The first-order valence-corrected chi connectivity index (χ1v) is 5.17. The highest BCUT2D eigenvalue weighted by Gasteiger charge is 2.19.